The van der Waals surface area contributed by atoms with E-state index in [4.69, 9.17) is 11.6 Å². The van der Waals surface area contributed by atoms with Crippen LogP contribution in [-0.4, -0.2) is 29.9 Å². The molecule has 0 aromatic heterocycles. The molecular formula is C22H26ClN3O2. The van der Waals surface area contributed by atoms with Gasteiger partial charge in [0.05, 0.1) is 0 Å². The number of carbonyl (C=O) groups is 2. The Morgan fingerprint density at radius 2 is 1.50 bits per heavy atom. The highest BCUT2D eigenvalue weighted by atomic mass is 35.5. The quantitative estimate of drug-likeness (QED) is 0.648. The van der Waals surface area contributed by atoms with Crippen molar-refractivity contribution in [1.82, 2.24) is 15.5 Å². The van der Waals surface area contributed by atoms with Crippen LogP contribution in [0.25, 0.3) is 0 Å². The van der Waals surface area contributed by atoms with Crippen molar-refractivity contribution in [3.05, 3.63) is 70.2 Å². The lowest BCUT2D eigenvalue weighted by atomic mass is 10.1. The zero-order valence-corrected chi connectivity index (χ0v) is 16.7. The fourth-order valence-electron chi connectivity index (χ4n) is 3.32. The van der Waals surface area contributed by atoms with E-state index in [1.165, 1.54) is 11.1 Å². The van der Waals surface area contributed by atoms with Crippen molar-refractivity contribution in [3.63, 3.8) is 0 Å². The molecule has 0 radical (unpaired) electrons. The van der Waals surface area contributed by atoms with Gasteiger partial charge in [-0.3, -0.25) is 4.79 Å². The third-order valence-corrected chi connectivity index (χ3v) is 5.12. The topological polar surface area (TPSA) is 61.4 Å². The molecule has 0 aliphatic carbocycles. The van der Waals surface area contributed by atoms with Crippen LogP contribution in [0.1, 0.15) is 47.2 Å². The summed E-state index contributed by atoms with van der Waals surface area (Å²) in [5.74, 6) is -0.0960. The molecule has 0 bridgehead atoms. The number of rotatable bonds is 8. The number of halogens is 1. The van der Waals surface area contributed by atoms with Crippen molar-refractivity contribution in [3.8, 4) is 0 Å². The SMILES string of the molecule is O=C(NCCCCCCNC(=O)N1Cc2ccccc2C1)c1cccc(Cl)c1. The van der Waals surface area contributed by atoms with Crippen LogP contribution in [0.5, 0.6) is 0 Å². The summed E-state index contributed by atoms with van der Waals surface area (Å²) in [4.78, 5) is 26.1. The van der Waals surface area contributed by atoms with Crippen molar-refractivity contribution in [1.29, 1.82) is 0 Å². The molecule has 2 aromatic carbocycles. The van der Waals surface area contributed by atoms with Crippen molar-refractivity contribution in [2.75, 3.05) is 13.1 Å². The number of hydrogen-bond acceptors (Lipinski definition) is 2. The van der Waals surface area contributed by atoms with E-state index in [0.717, 1.165) is 25.7 Å². The molecule has 1 aliphatic rings. The van der Waals surface area contributed by atoms with Gasteiger partial charge in [-0.05, 0) is 42.2 Å². The minimum Gasteiger partial charge on any atom is -0.352 e. The second-order valence-electron chi connectivity index (χ2n) is 7.04. The predicted octanol–water partition coefficient (Wildman–Crippen LogP) is 4.36. The van der Waals surface area contributed by atoms with Crippen LogP contribution in [0.15, 0.2) is 48.5 Å². The highest BCUT2D eigenvalue weighted by Gasteiger charge is 2.22. The molecule has 2 N–H and O–H groups in total. The van der Waals surface area contributed by atoms with E-state index in [1.807, 2.05) is 17.0 Å². The summed E-state index contributed by atoms with van der Waals surface area (Å²) in [6.07, 6.45) is 3.89. The van der Waals surface area contributed by atoms with Gasteiger partial charge in [-0.1, -0.05) is 54.8 Å². The van der Waals surface area contributed by atoms with Gasteiger partial charge in [0.15, 0.2) is 0 Å². The first-order chi connectivity index (χ1) is 13.6. The smallest absolute Gasteiger partial charge is 0.318 e. The van der Waals surface area contributed by atoms with E-state index in [1.54, 1.807) is 24.3 Å². The van der Waals surface area contributed by atoms with E-state index >= 15 is 0 Å². The van der Waals surface area contributed by atoms with E-state index in [9.17, 15) is 9.59 Å². The van der Waals surface area contributed by atoms with Crippen molar-refractivity contribution >= 4 is 23.5 Å². The van der Waals surface area contributed by atoms with Gasteiger partial charge in [0.25, 0.3) is 5.91 Å². The highest BCUT2D eigenvalue weighted by molar-refractivity contribution is 6.30. The highest BCUT2D eigenvalue weighted by Crippen LogP contribution is 2.21. The van der Waals surface area contributed by atoms with Gasteiger partial charge < -0.3 is 15.5 Å². The van der Waals surface area contributed by atoms with Crippen LogP contribution in [0.2, 0.25) is 5.02 Å². The van der Waals surface area contributed by atoms with Gasteiger partial charge >= 0.3 is 6.03 Å². The molecule has 148 valence electrons. The van der Waals surface area contributed by atoms with Crippen LogP contribution in [0.3, 0.4) is 0 Å². The van der Waals surface area contributed by atoms with Crippen LogP contribution in [0, 0.1) is 0 Å². The Bertz CT molecular complexity index is 800. The number of amides is 3. The molecule has 3 amide bonds. The lowest BCUT2D eigenvalue weighted by Crippen LogP contribution is -2.36. The molecule has 0 saturated carbocycles. The second-order valence-corrected chi connectivity index (χ2v) is 7.47. The van der Waals surface area contributed by atoms with Crippen LogP contribution < -0.4 is 10.6 Å². The maximum atomic E-state index is 12.2. The average Bonchev–Trinajstić information content (AvgIpc) is 3.14. The van der Waals surface area contributed by atoms with Gasteiger partial charge in [-0.2, -0.15) is 0 Å². The third kappa shape index (κ3) is 5.73. The Morgan fingerprint density at radius 1 is 0.857 bits per heavy atom. The molecule has 0 unspecified atom stereocenters. The standard InChI is InChI=1S/C22H26ClN3O2/c23-20-11-7-10-17(14-20)21(27)24-12-5-1-2-6-13-25-22(28)26-15-18-8-3-4-9-19(18)16-26/h3-4,7-11,14H,1-2,5-6,12-13,15-16H2,(H,24,27)(H,25,28). The van der Waals surface area contributed by atoms with Crippen LogP contribution in [0.4, 0.5) is 4.79 Å². The second kappa shape index (κ2) is 10.1. The van der Waals surface area contributed by atoms with Gasteiger partial charge in [0.2, 0.25) is 0 Å². The number of urea groups is 1. The summed E-state index contributed by atoms with van der Waals surface area (Å²) >= 11 is 5.90. The minimum atomic E-state index is -0.0960. The molecule has 0 spiro atoms. The average molecular weight is 400 g/mol. The normalized spacial score (nSPS) is 12.5. The Hall–Kier alpha value is -2.53. The van der Waals surface area contributed by atoms with Gasteiger partial charge in [0.1, 0.15) is 0 Å². The van der Waals surface area contributed by atoms with E-state index in [-0.39, 0.29) is 11.9 Å². The number of benzene rings is 2. The maximum Gasteiger partial charge on any atom is 0.318 e. The third-order valence-electron chi connectivity index (χ3n) is 4.88. The van der Waals surface area contributed by atoms with Crippen molar-refractivity contribution in [2.24, 2.45) is 0 Å². The summed E-state index contributed by atoms with van der Waals surface area (Å²) in [6, 6.07) is 15.1. The number of fused-ring (bicyclic) bond motifs is 1. The van der Waals surface area contributed by atoms with Crippen LogP contribution in [-0.2, 0) is 13.1 Å². The monoisotopic (exact) mass is 399 g/mol. The zero-order chi connectivity index (χ0) is 19.8. The van der Waals surface area contributed by atoms with E-state index in [0.29, 0.717) is 36.8 Å². The molecule has 0 fully saturated rings. The Balaban J connectivity index is 1.22. The van der Waals surface area contributed by atoms with Gasteiger partial charge in [-0.25, -0.2) is 4.79 Å². The number of nitrogens with one attached hydrogen (secondary N) is 2. The molecule has 28 heavy (non-hydrogen) atoms. The first-order valence-corrected chi connectivity index (χ1v) is 10.1. The van der Waals surface area contributed by atoms with E-state index < -0.39 is 0 Å². The molecule has 1 heterocycles. The minimum absolute atomic E-state index is 0.00462. The van der Waals surface area contributed by atoms with Crippen molar-refractivity contribution in [2.45, 2.75) is 38.8 Å². The zero-order valence-electron chi connectivity index (χ0n) is 15.9. The molecule has 6 heteroatoms. The number of nitrogens with zero attached hydrogens (tertiary/aromatic N) is 1. The molecule has 5 nitrogen and oxygen atoms in total. The summed E-state index contributed by atoms with van der Waals surface area (Å²) in [6.45, 7) is 2.70. The fourth-order valence-corrected chi connectivity index (χ4v) is 3.51. The lowest BCUT2D eigenvalue weighted by molar-refractivity contribution is 0.0953. The number of unbranched alkanes of at least 4 members (excludes halogenated alkanes) is 3. The Kier molecular flexibility index (Phi) is 7.31. The fraction of sp³-hybridized carbons (Fsp3) is 0.364. The largest absolute Gasteiger partial charge is 0.352 e. The summed E-state index contributed by atoms with van der Waals surface area (Å²) < 4.78 is 0. The molecule has 1 aliphatic heterocycles. The molecular weight excluding hydrogens is 374 g/mol. The maximum absolute atomic E-state index is 12.2. The predicted molar refractivity (Wildman–Crippen MR) is 111 cm³/mol. The van der Waals surface area contributed by atoms with Crippen molar-refractivity contribution < 1.29 is 9.59 Å². The number of hydrogen-bond donors (Lipinski definition) is 2. The van der Waals surface area contributed by atoms with E-state index in [2.05, 4.69) is 22.8 Å². The summed E-state index contributed by atoms with van der Waals surface area (Å²) in [5.41, 5.74) is 3.05. The van der Waals surface area contributed by atoms with Crippen LogP contribution >= 0.6 is 11.6 Å². The summed E-state index contributed by atoms with van der Waals surface area (Å²) in [7, 11) is 0. The Labute approximate surface area is 171 Å². The molecule has 0 saturated heterocycles. The first kappa shape index (κ1) is 20.2. The molecule has 2 aromatic rings. The Morgan fingerprint density at radius 3 is 2.14 bits per heavy atom. The van der Waals surface area contributed by atoms with Gasteiger partial charge in [-0.15, -0.1) is 0 Å². The molecule has 3 rings (SSSR count). The molecule has 0 atom stereocenters. The lowest BCUT2D eigenvalue weighted by Gasteiger charge is -2.16. The first-order valence-electron chi connectivity index (χ1n) is 9.77. The summed E-state index contributed by atoms with van der Waals surface area (Å²) in [5, 5.41) is 6.47. The number of carbonyl (C=O) groups excluding carboxylic acids is 2. The van der Waals surface area contributed by atoms with Gasteiger partial charge in [0, 0.05) is 36.8 Å².